The topological polar surface area (TPSA) is 47.4 Å². The average Bonchev–Trinajstić information content (AvgIpc) is 3.13. The standard InChI is InChI=1S/C22H25N3O2/c1-15-6-4-5-7-18(15)12-16(2)25-14-23-21-19-13-24(22(26)27-3)11-10-17(19)8-9-20(21)25/h4-9,14,16H,10-13H2,1-3H3/t16-/m1/s1. The minimum Gasteiger partial charge on any atom is -0.453 e. The zero-order chi connectivity index (χ0) is 19.0. The lowest BCUT2D eigenvalue weighted by Gasteiger charge is -2.28. The predicted molar refractivity (Wildman–Crippen MR) is 106 cm³/mol. The summed E-state index contributed by atoms with van der Waals surface area (Å²) < 4.78 is 7.15. The molecule has 2 aromatic carbocycles. The first-order valence-corrected chi connectivity index (χ1v) is 9.43. The predicted octanol–water partition coefficient (Wildman–Crippen LogP) is 4.27. The summed E-state index contributed by atoms with van der Waals surface area (Å²) in [5.74, 6) is 0. The van der Waals surface area contributed by atoms with Crippen molar-refractivity contribution in [1.29, 1.82) is 0 Å². The number of imidazole rings is 1. The largest absolute Gasteiger partial charge is 0.453 e. The molecule has 3 aromatic rings. The van der Waals surface area contributed by atoms with Gasteiger partial charge in [0, 0.05) is 18.2 Å². The molecule has 1 amide bonds. The van der Waals surface area contributed by atoms with Gasteiger partial charge in [-0.1, -0.05) is 30.3 Å². The summed E-state index contributed by atoms with van der Waals surface area (Å²) in [6.45, 7) is 5.64. The van der Waals surface area contributed by atoms with Gasteiger partial charge in [-0.15, -0.1) is 0 Å². The lowest BCUT2D eigenvalue weighted by Crippen LogP contribution is -2.35. The van der Waals surface area contributed by atoms with E-state index < -0.39 is 0 Å². The van der Waals surface area contributed by atoms with E-state index >= 15 is 0 Å². The van der Waals surface area contributed by atoms with Gasteiger partial charge in [0.15, 0.2) is 0 Å². The van der Waals surface area contributed by atoms with Crippen molar-refractivity contribution in [1.82, 2.24) is 14.5 Å². The van der Waals surface area contributed by atoms with Crippen molar-refractivity contribution in [3.63, 3.8) is 0 Å². The van der Waals surface area contributed by atoms with Crippen LogP contribution in [0.4, 0.5) is 4.79 Å². The summed E-state index contributed by atoms with van der Waals surface area (Å²) in [4.78, 5) is 18.4. The molecule has 2 heterocycles. The highest BCUT2D eigenvalue weighted by molar-refractivity contribution is 5.81. The van der Waals surface area contributed by atoms with Gasteiger partial charge in [-0.3, -0.25) is 0 Å². The first kappa shape index (κ1) is 17.6. The Hall–Kier alpha value is -2.82. The molecule has 5 nitrogen and oxygen atoms in total. The second-order valence-electron chi connectivity index (χ2n) is 7.34. The molecule has 0 aliphatic carbocycles. The number of aromatic nitrogens is 2. The molecule has 0 saturated heterocycles. The van der Waals surface area contributed by atoms with Gasteiger partial charge in [-0.25, -0.2) is 9.78 Å². The fourth-order valence-corrected chi connectivity index (χ4v) is 4.03. The highest BCUT2D eigenvalue weighted by Gasteiger charge is 2.24. The first-order chi connectivity index (χ1) is 13.1. The molecule has 0 radical (unpaired) electrons. The molecule has 140 valence electrons. The molecule has 0 unspecified atom stereocenters. The molecular weight excluding hydrogens is 338 g/mol. The molecule has 1 aliphatic rings. The van der Waals surface area contributed by atoms with Crippen LogP contribution in [0.3, 0.4) is 0 Å². The summed E-state index contributed by atoms with van der Waals surface area (Å²) in [5.41, 5.74) is 7.23. The molecular formula is C22H25N3O2. The molecule has 1 aliphatic heterocycles. The van der Waals surface area contributed by atoms with Gasteiger partial charge in [-0.2, -0.15) is 0 Å². The van der Waals surface area contributed by atoms with Crippen molar-refractivity contribution < 1.29 is 9.53 Å². The Morgan fingerprint density at radius 3 is 2.85 bits per heavy atom. The highest BCUT2D eigenvalue weighted by atomic mass is 16.5. The number of ether oxygens (including phenoxy) is 1. The molecule has 27 heavy (non-hydrogen) atoms. The minimum absolute atomic E-state index is 0.273. The van der Waals surface area contributed by atoms with E-state index in [1.807, 2.05) is 6.33 Å². The van der Waals surface area contributed by atoms with Crippen molar-refractivity contribution in [3.05, 3.63) is 65.0 Å². The van der Waals surface area contributed by atoms with Crippen LogP contribution in [-0.2, 0) is 24.1 Å². The van der Waals surface area contributed by atoms with E-state index in [4.69, 9.17) is 9.72 Å². The second kappa shape index (κ2) is 7.06. The van der Waals surface area contributed by atoms with Gasteiger partial charge in [0.2, 0.25) is 0 Å². The van der Waals surface area contributed by atoms with Crippen LogP contribution >= 0.6 is 0 Å². The second-order valence-corrected chi connectivity index (χ2v) is 7.34. The van der Waals surface area contributed by atoms with Crippen LogP contribution in [0.1, 0.15) is 35.2 Å². The average molecular weight is 363 g/mol. The summed E-state index contributed by atoms with van der Waals surface area (Å²) in [6.07, 6.45) is 3.46. The Labute approximate surface area is 159 Å². The van der Waals surface area contributed by atoms with Crippen molar-refractivity contribution in [3.8, 4) is 0 Å². The number of nitrogens with zero attached hydrogens (tertiary/aromatic N) is 3. The quantitative estimate of drug-likeness (QED) is 0.698. The normalized spacial score (nSPS) is 14.9. The lowest BCUT2D eigenvalue weighted by molar-refractivity contribution is 0.119. The van der Waals surface area contributed by atoms with Crippen LogP contribution in [0.25, 0.3) is 11.0 Å². The molecule has 0 N–H and O–H groups in total. The number of aryl methyl sites for hydroxylation is 1. The maximum Gasteiger partial charge on any atom is 0.409 e. The van der Waals surface area contributed by atoms with Crippen LogP contribution in [0, 0.1) is 6.92 Å². The number of benzene rings is 2. The maximum absolute atomic E-state index is 11.9. The lowest BCUT2D eigenvalue weighted by atomic mass is 9.98. The van der Waals surface area contributed by atoms with Gasteiger partial charge < -0.3 is 14.2 Å². The van der Waals surface area contributed by atoms with E-state index in [2.05, 4.69) is 54.8 Å². The SMILES string of the molecule is COC(=O)N1CCc2ccc3c(ncn3[C@H](C)Cc3ccccc3C)c2C1. The third-order valence-electron chi connectivity index (χ3n) is 5.63. The number of amides is 1. The van der Waals surface area contributed by atoms with Crippen LogP contribution in [0.2, 0.25) is 0 Å². The van der Waals surface area contributed by atoms with Crippen LogP contribution in [-0.4, -0.2) is 34.2 Å². The summed E-state index contributed by atoms with van der Waals surface area (Å²) in [5, 5.41) is 0. The third kappa shape index (κ3) is 3.18. The van der Waals surface area contributed by atoms with E-state index in [0.29, 0.717) is 19.1 Å². The summed E-state index contributed by atoms with van der Waals surface area (Å²) in [7, 11) is 1.43. The Kier molecular flexibility index (Phi) is 4.60. The van der Waals surface area contributed by atoms with Crippen molar-refractivity contribution in [2.75, 3.05) is 13.7 Å². The maximum atomic E-state index is 11.9. The van der Waals surface area contributed by atoms with E-state index in [1.54, 1.807) is 4.90 Å². The van der Waals surface area contributed by atoms with E-state index in [-0.39, 0.29) is 6.09 Å². The molecule has 0 bridgehead atoms. The number of carbonyl (C=O) groups is 1. The molecule has 1 atom stereocenters. The molecule has 4 rings (SSSR count). The van der Waals surface area contributed by atoms with Crippen molar-refractivity contribution in [2.45, 2.75) is 39.3 Å². The highest BCUT2D eigenvalue weighted by Crippen LogP contribution is 2.29. The Bertz CT molecular complexity index is 992. The summed E-state index contributed by atoms with van der Waals surface area (Å²) >= 11 is 0. The number of rotatable bonds is 3. The van der Waals surface area contributed by atoms with Gasteiger partial charge in [-0.05, 0) is 49.4 Å². The Morgan fingerprint density at radius 1 is 1.26 bits per heavy atom. The number of hydrogen-bond donors (Lipinski definition) is 0. The zero-order valence-corrected chi connectivity index (χ0v) is 16.1. The fourth-order valence-electron chi connectivity index (χ4n) is 4.03. The van der Waals surface area contributed by atoms with E-state index in [9.17, 15) is 4.79 Å². The molecule has 1 aromatic heterocycles. The van der Waals surface area contributed by atoms with Gasteiger partial charge in [0.25, 0.3) is 0 Å². The van der Waals surface area contributed by atoms with Gasteiger partial charge in [0.1, 0.15) is 0 Å². The minimum atomic E-state index is -0.273. The van der Waals surface area contributed by atoms with Gasteiger partial charge in [0.05, 0.1) is 31.0 Å². The first-order valence-electron chi connectivity index (χ1n) is 9.43. The van der Waals surface area contributed by atoms with Crippen LogP contribution < -0.4 is 0 Å². The Morgan fingerprint density at radius 2 is 2.07 bits per heavy atom. The molecule has 0 fully saturated rings. The third-order valence-corrected chi connectivity index (χ3v) is 5.63. The smallest absolute Gasteiger partial charge is 0.409 e. The number of carbonyl (C=O) groups excluding carboxylic acids is 1. The number of hydrogen-bond acceptors (Lipinski definition) is 3. The molecule has 0 saturated carbocycles. The fraction of sp³-hybridized carbons (Fsp3) is 0.364. The van der Waals surface area contributed by atoms with E-state index in [1.165, 1.54) is 23.8 Å². The van der Waals surface area contributed by atoms with E-state index in [0.717, 1.165) is 29.4 Å². The monoisotopic (exact) mass is 363 g/mol. The summed E-state index contributed by atoms with van der Waals surface area (Å²) in [6, 6.07) is 13.2. The zero-order valence-electron chi connectivity index (χ0n) is 16.1. The molecule has 5 heteroatoms. The van der Waals surface area contributed by atoms with Crippen LogP contribution in [0.15, 0.2) is 42.7 Å². The number of methoxy groups -OCH3 is 1. The van der Waals surface area contributed by atoms with Crippen molar-refractivity contribution in [2.24, 2.45) is 0 Å². The van der Waals surface area contributed by atoms with Crippen molar-refractivity contribution >= 4 is 17.1 Å². The Balaban J connectivity index is 1.67. The molecule has 0 spiro atoms. The van der Waals surface area contributed by atoms with Gasteiger partial charge >= 0.3 is 6.09 Å². The van der Waals surface area contributed by atoms with Crippen LogP contribution in [0.5, 0.6) is 0 Å². The number of fused-ring (bicyclic) bond motifs is 3.